The predicted molar refractivity (Wildman–Crippen MR) is 78.6 cm³/mol. The van der Waals surface area contributed by atoms with Gasteiger partial charge in [0.25, 0.3) is 0 Å². The molecule has 2 nitrogen and oxygen atoms in total. The smallest absolute Gasteiger partial charge is 0.0373 e. The van der Waals surface area contributed by atoms with Gasteiger partial charge in [0, 0.05) is 18.8 Å². The Morgan fingerprint density at radius 2 is 1.88 bits per heavy atom. The fraction of sp³-hybridized carbons (Fsp3) is 0.385. The standard InChI is InChI=1S/C13H16N2.2ClH/c1-2-13-12(5-8-15-13)9-11(1)10-3-6-14-7-4-10;;/h1-3,9,14-15H,4-8H2;2*1H. The van der Waals surface area contributed by atoms with E-state index in [2.05, 4.69) is 34.9 Å². The van der Waals surface area contributed by atoms with Crippen LogP contribution in [0.2, 0.25) is 0 Å². The summed E-state index contributed by atoms with van der Waals surface area (Å²) in [6.45, 7) is 3.23. The minimum Gasteiger partial charge on any atom is -0.384 e. The van der Waals surface area contributed by atoms with Crippen LogP contribution in [0.3, 0.4) is 0 Å². The molecule has 0 amide bonds. The molecule has 0 saturated heterocycles. The van der Waals surface area contributed by atoms with E-state index in [1.807, 2.05) is 0 Å². The molecule has 1 aromatic carbocycles. The predicted octanol–water partition coefficient (Wildman–Crippen LogP) is 2.87. The summed E-state index contributed by atoms with van der Waals surface area (Å²) in [5.74, 6) is 0. The summed E-state index contributed by atoms with van der Waals surface area (Å²) in [4.78, 5) is 0. The molecule has 2 heterocycles. The highest BCUT2D eigenvalue weighted by Crippen LogP contribution is 2.27. The van der Waals surface area contributed by atoms with E-state index in [-0.39, 0.29) is 24.8 Å². The van der Waals surface area contributed by atoms with E-state index in [1.165, 1.54) is 28.8 Å². The fourth-order valence-corrected chi connectivity index (χ4v) is 2.39. The Hall–Kier alpha value is -0.700. The number of benzene rings is 1. The van der Waals surface area contributed by atoms with Crippen LogP contribution in [0.5, 0.6) is 0 Å². The zero-order chi connectivity index (χ0) is 10.1. The van der Waals surface area contributed by atoms with E-state index in [0.29, 0.717) is 0 Å². The molecule has 0 atom stereocenters. The quantitative estimate of drug-likeness (QED) is 0.822. The molecule has 1 aromatic rings. The minimum absolute atomic E-state index is 0. The maximum Gasteiger partial charge on any atom is 0.0373 e. The monoisotopic (exact) mass is 272 g/mol. The van der Waals surface area contributed by atoms with Crippen molar-refractivity contribution >= 4 is 36.1 Å². The number of halogens is 2. The number of nitrogens with one attached hydrogen (secondary N) is 2. The van der Waals surface area contributed by atoms with E-state index in [4.69, 9.17) is 0 Å². The number of rotatable bonds is 1. The highest BCUT2D eigenvalue weighted by Gasteiger charge is 2.12. The lowest BCUT2D eigenvalue weighted by atomic mass is 9.98. The Morgan fingerprint density at radius 3 is 2.65 bits per heavy atom. The first-order valence-electron chi connectivity index (χ1n) is 5.70. The van der Waals surface area contributed by atoms with Crippen LogP contribution in [0.4, 0.5) is 5.69 Å². The molecule has 0 bridgehead atoms. The fourth-order valence-electron chi connectivity index (χ4n) is 2.39. The summed E-state index contributed by atoms with van der Waals surface area (Å²) in [5, 5.41) is 6.75. The maximum atomic E-state index is 3.40. The van der Waals surface area contributed by atoms with Crippen molar-refractivity contribution in [3.8, 4) is 0 Å². The molecule has 4 heteroatoms. The van der Waals surface area contributed by atoms with Crippen LogP contribution in [0, 0.1) is 0 Å². The summed E-state index contributed by atoms with van der Waals surface area (Å²) in [7, 11) is 0. The second-order valence-electron chi connectivity index (χ2n) is 4.23. The van der Waals surface area contributed by atoms with Crippen molar-refractivity contribution in [1.82, 2.24) is 5.32 Å². The summed E-state index contributed by atoms with van der Waals surface area (Å²) < 4.78 is 0. The molecule has 0 fully saturated rings. The van der Waals surface area contributed by atoms with E-state index >= 15 is 0 Å². The van der Waals surface area contributed by atoms with Gasteiger partial charge in [-0.05, 0) is 48.2 Å². The normalized spacial score (nSPS) is 17.1. The highest BCUT2D eigenvalue weighted by atomic mass is 35.5. The number of anilines is 1. The molecule has 2 aliphatic rings. The molecule has 2 N–H and O–H groups in total. The molecule has 0 spiro atoms. The molecule has 0 aromatic heterocycles. The third kappa shape index (κ3) is 2.95. The van der Waals surface area contributed by atoms with Crippen molar-refractivity contribution in [2.75, 3.05) is 25.0 Å². The lowest BCUT2D eigenvalue weighted by molar-refractivity contribution is 0.738. The van der Waals surface area contributed by atoms with Gasteiger partial charge in [0.1, 0.15) is 0 Å². The van der Waals surface area contributed by atoms with Crippen LogP contribution in [0.15, 0.2) is 24.3 Å². The lowest BCUT2D eigenvalue weighted by Crippen LogP contribution is -2.20. The van der Waals surface area contributed by atoms with Crippen LogP contribution in [-0.2, 0) is 6.42 Å². The highest BCUT2D eigenvalue weighted by molar-refractivity contribution is 5.85. The van der Waals surface area contributed by atoms with Crippen LogP contribution in [-0.4, -0.2) is 19.6 Å². The van der Waals surface area contributed by atoms with E-state index in [1.54, 1.807) is 0 Å². The zero-order valence-electron chi connectivity index (χ0n) is 9.66. The summed E-state index contributed by atoms with van der Waals surface area (Å²) >= 11 is 0. The van der Waals surface area contributed by atoms with Gasteiger partial charge < -0.3 is 10.6 Å². The van der Waals surface area contributed by atoms with Crippen LogP contribution in [0.25, 0.3) is 5.57 Å². The van der Waals surface area contributed by atoms with Gasteiger partial charge in [-0.3, -0.25) is 0 Å². The molecule has 94 valence electrons. The molecule has 17 heavy (non-hydrogen) atoms. The van der Waals surface area contributed by atoms with Gasteiger partial charge in [0.05, 0.1) is 0 Å². The molecule has 0 saturated carbocycles. The van der Waals surface area contributed by atoms with Crippen molar-refractivity contribution in [3.63, 3.8) is 0 Å². The van der Waals surface area contributed by atoms with Crippen molar-refractivity contribution in [2.45, 2.75) is 12.8 Å². The summed E-state index contributed by atoms with van der Waals surface area (Å²) in [6, 6.07) is 6.82. The largest absolute Gasteiger partial charge is 0.384 e. The first-order chi connectivity index (χ1) is 7.43. The summed E-state index contributed by atoms with van der Waals surface area (Å²) in [6.07, 6.45) is 4.65. The van der Waals surface area contributed by atoms with Crippen LogP contribution < -0.4 is 10.6 Å². The zero-order valence-corrected chi connectivity index (χ0v) is 11.3. The van der Waals surface area contributed by atoms with E-state index in [0.717, 1.165) is 26.1 Å². The average molecular weight is 273 g/mol. The van der Waals surface area contributed by atoms with Gasteiger partial charge in [-0.15, -0.1) is 24.8 Å². The average Bonchev–Trinajstić information content (AvgIpc) is 2.77. The Kier molecular flexibility index (Phi) is 5.31. The third-order valence-electron chi connectivity index (χ3n) is 3.25. The lowest BCUT2D eigenvalue weighted by Gasteiger charge is -2.15. The van der Waals surface area contributed by atoms with Gasteiger partial charge in [-0.1, -0.05) is 12.1 Å². The molecular weight excluding hydrogens is 255 g/mol. The third-order valence-corrected chi connectivity index (χ3v) is 3.25. The molecule has 2 aliphatic heterocycles. The molecule has 0 radical (unpaired) electrons. The molecule has 0 unspecified atom stereocenters. The molecular formula is C13H18Cl2N2. The number of hydrogen-bond acceptors (Lipinski definition) is 2. The Labute approximate surface area is 115 Å². The van der Waals surface area contributed by atoms with E-state index in [9.17, 15) is 0 Å². The topological polar surface area (TPSA) is 24.1 Å². The van der Waals surface area contributed by atoms with Gasteiger partial charge >= 0.3 is 0 Å². The number of hydrogen-bond donors (Lipinski definition) is 2. The van der Waals surface area contributed by atoms with Crippen molar-refractivity contribution in [2.24, 2.45) is 0 Å². The van der Waals surface area contributed by atoms with Crippen LogP contribution >= 0.6 is 24.8 Å². The Balaban J connectivity index is 0.000000722. The second kappa shape index (κ2) is 6.29. The first kappa shape index (κ1) is 14.4. The maximum absolute atomic E-state index is 3.40. The Bertz CT molecular complexity index is 416. The first-order valence-corrected chi connectivity index (χ1v) is 5.70. The van der Waals surface area contributed by atoms with Crippen LogP contribution in [0.1, 0.15) is 17.5 Å². The SMILES string of the molecule is C1=C(c2ccc3c(c2)CCN3)CCNC1.Cl.Cl. The van der Waals surface area contributed by atoms with Crippen molar-refractivity contribution < 1.29 is 0 Å². The molecule has 0 aliphatic carbocycles. The second-order valence-corrected chi connectivity index (χ2v) is 4.23. The molecule has 3 rings (SSSR count). The van der Waals surface area contributed by atoms with Gasteiger partial charge in [0.2, 0.25) is 0 Å². The van der Waals surface area contributed by atoms with Crippen molar-refractivity contribution in [1.29, 1.82) is 0 Å². The van der Waals surface area contributed by atoms with Gasteiger partial charge in [0.15, 0.2) is 0 Å². The van der Waals surface area contributed by atoms with Gasteiger partial charge in [-0.25, -0.2) is 0 Å². The minimum atomic E-state index is 0. The number of fused-ring (bicyclic) bond motifs is 1. The van der Waals surface area contributed by atoms with Gasteiger partial charge in [-0.2, -0.15) is 0 Å². The Morgan fingerprint density at radius 1 is 1.00 bits per heavy atom. The summed E-state index contributed by atoms with van der Waals surface area (Å²) in [5.41, 5.74) is 5.72. The van der Waals surface area contributed by atoms with Crippen molar-refractivity contribution in [3.05, 3.63) is 35.4 Å². The van der Waals surface area contributed by atoms with E-state index < -0.39 is 0 Å².